The number of hydrogen-bond donors (Lipinski definition) is 0. The van der Waals surface area contributed by atoms with Crippen LogP contribution in [0.25, 0.3) is 0 Å². The normalized spacial score (nSPS) is 33.4. The second-order valence-electron chi connectivity index (χ2n) is 9.67. The van der Waals surface area contributed by atoms with E-state index in [-0.39, 0.29) is 53.8 Å². The molecule has 2 amide bonds. The molecule has 7 heteroatoms. The third-order valence-corrected chi connectivity index (χ3v) is 7.73. The number of carbonyl (C=O) groups excluding carboxylic acids is 2. The number of nitrogens with zero attached hydrogens (tertiary/aromatic N) is 4. The largest absolute Gasteiger partial charge is 0.330 e. The van der Waals surface area contributed by atoms with Crippen molar-refractivity contribution in [2.75, 3.05) is 13.1 Å². The maximum atomic E-state index is 13.3. The Bertz CT molecular complexity index is 929. The summed E-state index contributed by atoms with van der Waals surface area (Å²) in [7, 11) is 0. The zero-order valence-electron chi connectivity index (χ0n) is 18.1. The van der Waals surface area contributed by atoms with Crippen LogP contribution in [0.3, 0.4) is 0 Å². The molecule has 0 radical (unpaired) electrons. The number of fused-ring (bicyclic) bond motifs is 3. The van der Waals surface area contributed by atoms with Crippen LogP contribution in [0.5, 0.6) is 0 Å². The minimum atomic E-state index is -0.285. The summed E-state index contributed by atoms with van der Waals surface area (Å²) in [5.74, 6) is 0.185. The third kappa shape index (κ3) is 3.32. The van der Waals surface area contributed by atoms with Crippen molar-refractivity contribution in [2.24, 2.45) is 11.8 Å². The van der Waals surface area contributed by atoms with Crippen LogP contribution in [-0.2, 0) is 9.59 Å². The summed E-state index contributed by atoms with van der Waals surface area (Å²) in [6, 6.07) is 8.60. The van der Waals surface area contributed by atoms with Gasteiger partial charge in [0.25, 0.3) is 0 Å². The Morgan fingerprint density at radius 2 is 2.00 bits per heavy atom. The molecule has 6 nitrogen and oxygen atoms in total. The third-order valence-electron chi connectivity index (χ3n) is 7.73. The van der Waals surface area contributed by atoms with Crippen LogP contribution in [0.15, 0.2) is 24.3 Å². The number of nitriles is 1. The highest BCUT2D eigenvalue weighted by Gasteiger charge is 2.56. The van der Waals surface area contributed by atoms with E-state index in [4.69, 9.17) is 0 Å². The Morgan fingerprint density at radius 3 is 2.65 bits per heavy atom. The van der Waals surface area contributed by atoms with Gasteiger partial charge in [-0.15, -0.1) is 0 Å². The molecule has 3 saturated heterocycles. The van der Waals surface area contributed by atoms with Gasteiger partial charge in [0.2, 0.25) is 11.8 Å². The molecule has 1 aromatic rings. The Kier molecular flexibility index (Phi) is 5.01. The Balaban J connectivity index is 1.25. The predicted molar refractivity (Wildman–Crippen MR) is 112 cm³/mol. The SMILES string of the molecule is CC[C@H](c1ccc(F)cc1)N1C(=O)[C@H]2C[C@@H]1CN2C[C@H](C)C(=O)N1C2C[C@H]2C[C@H]1C#N. The highest BCUT2D eigenvalue weighted by Crippen LogP contribution is 2.48. The van der Waals surface area contributed by atoms with E-state index < -0.39 is 0 Å². The van der Waals surface area contributed by atoms with E-state index in [1.807, 2.05) is 16.7 Å². The lowest BCUT2D eigenvalue weighted by Gasteiger charge is -2.39. The van der Waals surface area contributed by atoms with Gasteiger partial charge < -0.3 is 9.80 Å². The molecule has 1 aromatic carbocycles. The second-order valence-corrected chi connectivity index (χ2v) is 9.67. The molecule has 3 heterocycles. The standard InChI is InChI=1S/C24H29FN4O2/c1-3-20(15-4-6-17(25)7-5-15)29-19-10-22(24(29)31)27(13-19)12-14(2)23(30)28-18(11-26)8-16-9-21(16)28/h4-7,14,16,18-22H,3,8-10,12-13H2,1-2H3/t14-,16+,18-,19+,20+,21?,22+/m0/s1. The summed E-state index contributed by atoms with van der Waals surface area (Å²) in [6.07, 6.45) is 3.40. The number of piperazine rings is 1. The van der Waals surface area contributed by atoms with Crippen molar-refractivity contribution in [1.82, 2.24) is 14.7 Å². The predicted octanol–water partition coefficient (Wildman–Crippen LogP) is 2.71. The monoisotopic (exact) mass is 424 g/mol. The average molecular weight is 425 g/mol. The van der Waals surface area contributed by atoms with Gasteiger partial charge in [-0.2, -0.15) is 5.26 Å². The maximum absolute atomic E-state index is 13.3. The molecule has 2 bridgehead atoms. The fourth-order valence-electron chi connectivity index (χ4n) is 6.15. The first kappa shape index (κ1) is 20.4. The fraction of sp³-hybridized carbons (Fsp3) is 0.625. The summed E-state index contributed by atoms with van der Waals surface area (Å²) in [6.45, 7) is 5.30. The molecule has 1 unspecified atom stereocenters. The van der Waals surface area contributed by atoms with Gasteiger partial charge in [0.1, 0.15) is 11.9 Å². The summed E-state index contributed by atoms with van der Waals surface area (Å²) in [5, 5.41) is 9.40. The lowest BCUT2D eigenvalue weighted by molar-refractivity contribution is -0.142. The minimum Gasteiger partial charge on any atom is -0.330 e. The first-order valence-electron chi connectivity index (χ1n) is 11.5. The van der Waals surface area contributed by atoms with Crippen molar-refractivity contribution in [3.63, 3.8) is 0 Å². The van der Waals surface area contributed by atoms with E-state index in [1.165, 1.54) is 12.1 Å². The molecule has 4 fully saturated rings. The van der Waals surface area contributed by atoms with E-state index in [9.17, 15) is 19.2 Å². The number of likely N-dealkylation sites (tertiary alicyclic amines) is 3. The Labute approximate surface area is 182 Å². The number of halogens is 1. The number of piperidine rings is 1. The summed E-state index contributed by atoms with van der Waals surface area (Å²) in [5.41, 5.74) is 0.968. The Hall–Kier alpha value is -2.46. The minimum absolute atomic E-state index is 0.0444. The number of carbonyl (C=O) groups is 2. The molecule has 164 valence electrons. The van der Waals surface area contributed by atoms with Crippen LogP contribution >= 0.6 is 0 Å². The zero-order chi connectivity index (χ0) is 21.9. The topological polar surface area (TPSA) is 67.7 Å². The van der Waals surface area contributed by atoms with Crippen LogP contribution in [0, 0.1) is 29.0 Å². The van der Waals surface area contributed by atoms with Gasteiger partial charge in [0.15, 0.2) is 0 Å². The first-order chi connectivity index (χ1) is 14.9. The van der Waals surface area contributed by atoms with Crippen LogP contribution in [0.4, 0.5) is 4.39 Å². The van der Waals surface area contributed by atoms with Crippen molar-refractivity contribution in [3.05, 3.63) is 35.6 Å². The van der Waals surface area contributed by atoms with Gasteiger partial charge in [0, 0.05) is 31.1 Å². The molecule has 3 aliphatic heterocycles. The van der Waals surface area contributed by atoms with E-state index in [1.54, 1.807) is 12.1 Å². The second kappa shape index (κ2) is 7.59. The van der Waals surface area contributed by atoms with E-state index in [0.717, 1.165) is 37.8 Å². The molecular formula is C24H29FN4O2. The van der Waals surface area contributed by atoms with Crippen LogP contribution in [0.2, 0.25) is 0 Å². The molecule has 0 spiro atoms. The van der Waals surface area contributed by atoms with Gasteiger partial charge in [-0.25, -0.2) is 4.39 Å². The molecule has 5 rings (SSSR count). The molecule has 0 aromatic heterocycles. The van der Waals surface area contributed by atoms with Crippen molar-refractivity contribution < 1.29 is 14.0 Å². The highest BCUT2D eigenvalue weighted by atomic mass is 19.1. The van der Waals surface area contributed by atoms with E-state index >= 15 is 0 Å². The van der Waals surface area contributed by atoms with Gasteiger partial charge in [0.05, 0.1) is 18.2 Å². The summed E-state index contributed by atoms with van der Waals surface area (Å²) < 4.78 is 13.3. The lowest BCUT2D eigenvalue weighted by Crippen LogP contribution is -2.53. The van der Waals surface area contributed by atoms with Crippen molar-refractivity contribution >= 4 is 11.8 Å². The number of benzene rings is 1. The van der Waals surface area contributed by atoms with Gasteiger partial charge in [-0.3, -0.25) is 14.5 Å². The van der Waals surface area contributed by atoms with E-state index in [2.05, 4.69) is 17.9 Å². The number of rotatable bonds is 6. The van der Waals surface area contributed by atoms with E-state index in [0.29, 0.717) is 12.5 Å². The van der Waals surface area contributed by atoms with Crippen molar-refractivity contribution in [1.29, 1.82) is 5.26 Å². The molecule has 31 heavy (non-hydrogen) atoms. The van der Waals surface area contributed by atoms with Crippen LogP contribution < -0.4 is 0 Å². The van der Waals surface area contributed by atoms with Crippen LogP contribution in [0.1, 0.15) is 51.1 Å². The molecule has 1 aliphatic carbocycles. The summed E-state index contributed by atoms with van der Waals surface area (Å²) in [4.78, 5) is 32.3. The average Bonchev–Trinajstić information content (AvgIpc) is 3.10. The van der Waals surface area contributed by atoms with Gasteiger partial charge in [-0.05, 0) is 49.3 Å². The lowest BCUT2D eigenvalue weighted by atomic mass is 10.0. The summed E-state index contributed by atoms with van der Waals surface area (Å²) >= 11 is 0. The first-order valence-corrected chi connectivity index (χ1v) is 11.5. The molecular weight excluding hydrogens is 395 g/mol. The van der Waals surface area contributed by atoms with Crippen molar-refractivity contribution in [3.8, 4) is 6.07 Å². The molecule has 7 atom stereocenters. The highest BCUT2D eigenvalue weighted by molar-refractivity contribution is 5.86. The van der Waals surface area contributed by atoms with Gasteiger partial charge >= 0.3 is 0 Å². The Morgan fingerprint density at radius 1 is 1.26 bits per heavy atom. The number of amides is 2. The maximum Gasteiger partial charge on any atom is 0.240 e. The number of hydrogen-bond acceptors (Lipinski definition) is 4. The van der Waals surface area contributed by atoms with Crippen LogP contribution in [-0.4, -0.2) is 63.8 Å². The molecule has 0 N–H and O–H groups in total. The zero-order valence-corrected chi connectivity index (χ0v) is 18.1. The fourth-order valence-corrected chi connectivity index (χ4v) is 6.15. The smallest absolute Gasteiger partial charge is 0.240 e. The van der Waals surface area contributed by atoms with Gasteiger partial charge in [-0.1, -0.05) is 26.0 Å². The molecule has 4 aliphatic rings. The molecule has 1 saturated carbocycles. The quantitative estimate of drug-likeness (QED) is 0.704. The van der Waals surface area contributed by atoms with Crippen molar-refractivity contribution in [2.45, 2.75) is 69.7 Å².